The van der Waals surface area contributed by atoms with Crippen LogP contribution in [0, 0.1) is 29.3 Å². The molecule has 36 heavy (non-hydrogen) atoms. The molecular formula is C29H26F6O. The molecule has 4 rings (SSSR count). The zero-order chi connectivity index (χ0) is 25.9. The molecule has 1 nitrogen and oxygen atoms in total. The summed E-state index contributed by atoms with van der Waals surface area (Å²) < 4.78 is 87.0. The Labute approximate surface area is 206 Å². The van der Waals surface area contributed by atoms with Gasteiger partial charge in [0, 0.05) is 11.8 Å². The van der Waals surface area contributed by atoms with Crippen molar-refractivity contribution in [2.45, 2.75) is 63.6 Å². The third-order valence-electron chi connectivity index (χ3n) is 6.63. The van der Waals surface area contributed by atoms with Gasteiger partial charge in [0.1, 0.15) is 11.6 Å². The van der Waals surface area contributed by atoms with E-state index >= 15 is 0 Å². The molecule has 2 atom stereocenters. The third-order valence-corrected chi connectivity index (χ3v) is 6.63. The first-order chi connectivity index (χ1) is 17.2. The fraction of sp³-hybridized carbons (Fsp3) is 0.379. The van der Waals surface area contributed by atoms with E-state index in [2.05, 4.69) is 6.92 Å². The van der Waals surface area contributed by atoms with E-state index in [-0.39, 0.29) is 11.3 Å². The zero-order valence-corrected chi connectivity index (χ0v) is 19.8. The Morgan fingerprint density at radius 1 is 0.917 bits per heavy atom. The van der Waals surface area contributed by atoms with E-state index in [1.54, 1.807) is 0 Å². The van der Waals surface area contributed by atoms with E-state index < -0.39 is 34.6 Å². The Morgan fingerprint density at radius 3 is 2.31 bits per heavy atom. The molecule has 7 heteroatoms. The van der Waals surface area contributed by atoms with Crippen molar-refractivity contribution in [2.24, 2.45) is 0 Å². The van der Waals surface area contributed by atoms with Crippen LogP contribution in [0.2, 0.25) is 0 Å². The minimum atomic E-state index is -4.93. The van der Waals surface area contributed by atoms with Gasteiger partial charge in [-0.05, 0) is 59.5 Å². The summed E-state index contributed by atoms with van der Waals surface area (Å²) >= 11 is 0. The molecule has 0 amide bonds. The molecule has 190 valence electrons. The standard InChI is InChI=1S/C29H26F6O/c1-2-3-4-5-23-11-10-20(17-36-23)18-6-8-19(9-7-18)21-14-22-16-25(30)24(12-13-29(33,34)35)28(32)27(22)26(31)15-21/h6-9,14-16,20,23H,2-5,10-11,17H2,1H3. The van der Waals surface area contributed by atoms with Gasteiger partial charge in [-0.1, -0.05) is 56.4 Å². The van der Waals surface area contributed by atoms with Crippen molar-refractivity contribution in [3.8, 4) is 23.0 Å². The van der Waals surface area contributed by atoms with Gasteiger partial charge in [0.2, 0.25) is 0 Å². The summed E-state index contributed by atoms with van der Waals surface area (Å²) in [5.41, 5.74) is 1.04. The fourth-order valence-corrected chi connectivity index (χ4v) is 4.69. The van der Waals surface area contributed by atoms with Crippen LogP contribution in [-0.2, 0) is 4.74 Å². The SMILES string of the molecule is CCCCCC1CCC(c2ccc(-c3cc(F)c4c(F)c(C#CC(F)(F)F)c(F)cc4c3)cc2)CO1. The van der Waals surface area contributed by atoms with Gasteiger partial charge in [0.15, 0.2) is 5.82 Å². The number of rotatable bonds is 6. The maximum atomic E-state index is 14.8. The van der Waals surface area contributed by atoms with Crippen molar-refractivity contribution in [1.29, 1.82) is 0 Å². The van der Waals surface area contributed by atoms with Gasteiger partial charge in [-0.2, -0.15) is 13.2 Å². The summed E-state index contributed by atoms with van der Waals surface area (Å²) in [4.78, 5) is 0. The van der Waals surface area contributed by atoms with Crippen LogP contribution in [0.3, 0.4) is 0 Å². The first-order valence-corrected chi connectivity index (χ1v) is 12.1. The molecule has 0 aromatic heterocycles. The topological polar surface area (TPSA) is 9.23 Å². The molecule has 1 heterocycles. The van der Waals surface area contributed by atoms with Crippen LogP contribution in [0.5, 0.6) is 0 Å². The van der Waals surface area contributed by atoms with Crippen LogP contribution in [-0.4, -0.2) is 18.9 Å². The fourth-order valence-electron chi connectivity index (χ4n) is 4.69. The summed E-state index contributed by atoms with van der Waals surface area (Å²) in [6.45, 7) is 2.83. The average molecular weight is 505 g/mol. The molecule has 1 aliphatic rings. The van der Waals surface area contributed by atoms with Gasteiger partial charge in [0.25, 0.3) is 0 Å². The number of hydrogen-bond acceptors (Lipinski definition) is 1. The van der Waals surface area contributed by atoms with Gasteiger partial charge in [-0.3, -0.25) is 0 Å². The smallest absolute Gasteiger partial charge is 0.378 e. The maximum absolute atomic E-state index is 14.8. The lowest BCUT2D eigenvalue weighted by atomic mass is 9.89. The molecule has 0 radical (unpaired) electrons. The van der Waals surface area contributed by atoms with Gasteiger partial charge in [-0.15, -0.1) is 0 Å². The molecule has 0 bridgehead atoms. The Bertz CT molecular complexity index is 1280. The van der Waals surface area contributed by atoms with Crippen molar-refractivity contribution < 1.29 is 31.1 Å². The van der Waals surface area contributed by atoms with Gasteiger partial charge in [-0.25, -0.2) is 13.2 Å². The maximum Gasteiger partial charge on any atom is 0.458 e. The molecule has 0 spiro atoms. The number of ether oxygens (including phenoxy) is 1. The highest BCUT2D eigenvalue weighted by Crippen LogP contribution is 2.34. The number of halogens is 6. The first kappa shape index (κ1) is 26.1. The Morgan fingerprint density at radius 2 is 1.67 bits per heavy atom. The van der Waals surface area contributed by atoms with Crippen molar-refractivity contribution in [3.05, 3.63) is 71.0 Å². The molecule has 1 saturated heterocycles. The molecule has 3 aromatic rings. The first-order valence-electron chi connectivity index (χ1n) is 12.1. The number of unbranched alkanes of at least 4 members (excludes halogenated alkanes) is 2. The van der Waals surface area contributed by atoms with Crippen LogP contribution in [0.15, 0.2) is 42.5 Å². The van der Waals surface area contributed by atoms with E-state index in [0.717, 1.165) is 42.9 Å². The average Bonchev–Trinajstić information content (AvgIpc) is 2.83. The quantitative estimate of drug-likeness (QED) is 0.185. The van der Waals surface area contributed by atoms with Crippen molar-refractivity contribution >= 4 is 10.8 Å². The van der Waals surface area contributed by atoms with Crippen LogP contribution >= 0.6 is 0 Å². The Balaban J connectivity index is 1.54. The molecular weight excluding hydrogens is 478 g/mol. The summed E-state index contributed by atoms with van der Waals surface area (Å²) in [5, 5.41) is -0.701. The van der Waals surface area contributed by atoms with E-state index in [4.69, 9.17) is 4.74 Å². The van der Waals surface area contributed by atoms with E-state index in [9.17, 15) is 26.3 Å². The normalized spacial score (nSPS) is 18.2. The second kappa shape index (κ2) is 11.0. The Hall–Kier alpha value is -2.98. The van der Waals surface area contributed by atoms with Crippen molar-refractivity contribution in [2.75, 3.05) is 6.61 Å². The summed E-state index contributed by atoms with van der Waals surface area (Å²) in [5.74, 6) is -1.21. The highest BCUT2D eigenvalue weighted by atomic mass is 19.4. The largest absolute Gasteiger partial charge is 0.458 e. The molecule has 3 aromatic carbocycles. The van der Waals surface area contributed by atoms with Crippen LogP contribution in [0.25, 0.3) is 21.9 Å². The number of hydrogen-bond donors (Lipinski definition) is 0. The third kappa shape index (κ3) is 6.04. The van der Waals surface area contributed by atoms with Gasteiger partial charge in [0.05, 0.1) is 23.7 Å². The van der Waals surface area contributed by atoms with Crippen molar-refractivity contribution in [1.82, 2.24) is 0 Å². The minimum absolute atomic E-state index is 0.101. The van der Waals surface area contributed by atoms with E-state index in [1.165, 1.54) is 31.2 Å². The number of benzene rings is 3. The van der Waals surface area contributed by atoms with Gasteiger partial charge >= 0.3 is 6.18 Å². The lowest BCUT2D eigenvalue weighted by molar-refractivity contribution is -0.0696. The van der Waals surface area contributed by atoms with Crippen molar-refractivity contribution in [3.63, 3.8) is 0 Å². The predicted molar refractivity (Wildman–Crippen MR) is 128 cm³/mol. The Kier molecular flexibility index (Phi) is 7.94. The number of fused-ring (bicyclic) bond motifs is 1. The van der Waals surface area contributed by atoms with E-state index in [0.29, 0.717) is 23.8 Å². The van der Waals surface area contributed by atoms with Gasteiger partial charge < -0.3 is 4.74 Å². The highest BCUT2D eigenvalue weighted by molar-refractivity contribution is 5.89. The van der Waals surface area contributed by atoms with E-state index in [1.807, 2.05) is 24.3 Å². The predicted octanol–water partition coefficient (Wildman–Crippen LogP) is 8.68. The summed E-state index contributed by atoms with van der Waals surface area (Å²) in [6, 6.07) is 10.8. The molecule has 0 saturated carbocycles. The molecule has 0 aliphatic carbocycles. The molecule has 1 fully saturated rings. The summed E-state index contributed by atoms with van der Waals surface area (Å²) in [6.07, 6.45) is 2.09. The van der Waals surface area contributed by atoms with Crippen LogP contribution < -0.4 is 0 Å². The number of alkyl halides is 3. The minimum Gasteiger partial charge on any atom is -0.378 e. The van der Waals surface area contributed by atoms with Crippen LogP contribution in [0.1, 0.15) is 62.5 Å². The second-order valence-corrected chi connectivity index (χ2v) is 9.20. The zero-order valence-electron chi connectivity index (χ0n) is 19.8. The molecule has 0 N–H and O–H groups in total. The molecule has 1 aliphatic heterocycles. The monoisotopic (exact) mass is 504 g/mol. The molecule has 2 unspecified atom stereocenters. The lowest BCUT2D eigenvalue weighted by Crippen LogP contribution is -2.24. The highest BCUT2D eigenvalue weighted by Gasteiger charge is 2.25. The lowest BCUT2D eigenvalue weighted by Gasteiger charge is -2.29. The van der Waals surface area contributed by atoms with Crippen LogP contribution in [0.4, 0.5) is 26.3 Å². The second-order valence-electron chi connectivity index (χ2n) is 9.20. The summed E-state index contributed by atoms with van der Waals surface area (Å²) in [7, 11) is 0.